The molecular formula is C13H12FIN2O2S. The molecule has 0 atom stereocenters. The molecule has 0 bridgehead atoms. The van der Waals surface area contributed by atoms with Crippen molar-refractivity contribution in [3.63, 3.8) is 0 Å². The third kappa shape index (κ3) is 3.47. The molecule has 3 N–H and O–H groups in total. The molecule has 20 heavy (non-hydrogen) atoms. The van der Waals surface area contributed by atoms with Crippen molar-refractivity contribution < 1.29 is 12.8 Å². The van der Waals surface area contributed by atoms with E-state index < -0.39 is 20.7 Å². The molecule has 2 aromatic carbocycles. The number of hydrogen-bond donors (Lipinski definition) is 2. The fourth-order valence-electron chi connectivity index (χ4n) is 1.64. The number of rotatable bonds is 4. The van der Waals surface area contributed by atoms with Gasteiger partial charge in [0.1, 0.15) is 10.7 Å². The molecule has 0 spiro atoms. The molecule has 0 aromatic heterocycles. The summed E-state index contributed by atoms with van der Waals surface area (Å²) in [5, 5.41) is 0. The van der Waals surface area contributed by atoms with Crippen LogP contribution < -0.4 is 10.5 Å². The van der Waals surface area contributed by atoms with E-state index in [1.807, 2.05) is 6.07 Å². The molecule has 0 fully saturated rings. The normalized spacial score (nSPS) is 11.3. The average Bonchev–Trinajstić information content (AvgIpc) is 2.38. The summed E-state index contributed by atoms with van der Waals surface area (Å²) in [6.45, 7) is 0.145. The minimum absolute atomic E-state index is 0.145. The highest BCUT2D eigenvalue weighted by Gasteiger charge is 2.19. The molecule has 0 unspecified atom stereocenters. The maximum atomic E-state index is 13.7. The number of nitrogens with one attached hydrogen (secondary N) is 1. The molecule has 0 radical (unpaired) electrons. The van der Waals surface area contributed by atoms with Crippen molar-refractivity contribution in [3.05, 3.63) is 57.4 Å². The Morgan fingerprint density at radius 3 is 2.60 bits per heavy atom. The second-order valence-corrected chi connectivity index (χ2v) is 6.98. The number of nitrogens with two attached hydrogens (primary N) is 1. The first-order valence-electron chi connectivity index (χ1n) is 5.69. The van der Waals surface area contributed by atoms with Crippen molar-refractivity contribution in [1.82, 2.24) is 0 Å². The van der Waals surface area contributed by atoms with E-state index in [9.17, 15) is 12.8 Å². The van der Waals surface area contributed by atoms with Crippen molar-refractivity contribution in [1.29, 1.82) is 0 Å². The van der Waals surface area contributed by atoms with Crippen LogP contribution in [-0.2, 0) is 16.6 Å². The maximum Gasteiger partial charge on any atom is 0.264 e. The molecule has 0 aliphatic rings. The van der Waals surface area contributed by atoms with Crippen molar-refractivity contribution in [2.24, 2.45) is 5.73 Å². The molecule has 0 saturated heterocycles. The summed E-state index contributed by atoms with van der Waals surface area (Å²) in [5.41, 5.74) is 6.38. The van der Waals surface area contributed by atoms with Crippen LogP contribution in [0.4, 0.5) is 10.1 Å². The SMILES string of the molecule is NCc1ccc(F)c(S(=O)(=O)Nc2cccc(I)c2)c1. The van der Waals surface area contributed by atoms with E-state index in [0.29, 0.717) is 11.3 Å². The Bertz CT molecular complexity index is 735. The van der Waals surface area contributed by atoms with Crippen LogP contribution in [0.25, 0.3) is 0 Å². The van der Waals surface area contributed by atoms with Gasteiger partial charge in [0.15, 0.2) is 0 Å². The number of anilines is 1. The van der Waals surface area contributed by atoms with Gasteiger partial charge >= 0.3 is 0 Å². The highest BCUT2D eigenvalue weighted by atomic mass is 127. The van der Waals surface area contributed by atoms with Gasteiger partial charge in [-0.2, -0.15) is 0 Å². The molecule has 2 aromatic rings. The molecule has 7 heteroatoms. The van der Waals surface area contributed by atoms with Crippen LogP contribution in [-0.4, -0.2) is 8.42 Å². The van der Waals surface area contributed by atoms with Gasteiger partial charge in [-0.25, -0.2) is 12.8 Å². The van der Waals surface area contributed by atoms with Crippen molar-refractivity contribution in [2.45, 2.75) is 11.4 Å². The monoisotopic (exact) mass is 406 g/mol. The molecule has 0 aliphatic carbocycles. The summed E-state index contributed by atoms with van der Waals surface area (Å²) in [5.74, 6) is -0.805. The van der Waals surface area contributed by atoms with Gasteiger partial charge in [-0.15, -0.1) is 0 Å². The summed E-state index contributed by atoms with van der Waals surface area (Å²) in [7, 11) is -3.98. The summed E-state index contributed by atoms with van der Waals surface area (Å²) in [6, 6.07) is 10.6. The van der Waals surface area contributed by atoms with E-state index >= 15 is 0 Å². The Balaban J connectivity index is 2.40. The maximum absolute atomic E-state index is 13.7. The fourth-order valence-corrected chi connectivity index (χ4v) is 3.36. The third-order valence-corrected chi connectivity index (χ3v) is 4.66. The van der Waals surface area contributed by atoms with Crippen LogP contribution in [0.15, 0.2) is 47.4 Å². The van der Waals surface area contributed by atoms with Crippen molar-refractivity contribution in [2.75, 3.05) is 4.72 Å². The first kappa shape index (κ1) is 15.2. The Kier molecular flexibility index (Phi) is 4.61. The largest absolute Gasteiger partial charge is 0.326 e. The first-order valence-corrected chi connectivity index (χ1v) is 8.25. The fraction of sp³-hybridized carbons (Fsp3) is 0.0769. The number of hydrogen-bond acceptors (Lipinski definition) is 3. The third-order valence-electron chi connectivity index (χ3n) is 2.60. The lowest BCUT2D eigenvalue weighted by atomic mass is 10.2. The summed E-state index contributed by atoms with van der Waals surface area (Å²) < 4.78 is 41.4. The predicted octanol–water partition coefficient (Wildman–Crippen LogP) is 2.69. The van der Waals surface area contributed by atoms with Gasteiger partial charge in [0.2, 0.25) is 0 Å². The van der Waals surface area contributed by atoms with Gasteiger partial charge in [-0.1, -0.05) is 12.1 Å². The number of halogens is 2. The lowest BCUT2D eigenvalue weighted by Gasteiger charge is -2.10. The van der Waals surface area contributed by atoms with Gasteiger partial charge in [-0.05, 0) is 58.5 Å². The Morgan fingerprint density at radius 1 is 1.20 bits per heavy atom. The first-order chi connectivity index (χ1) is 9.42. The minimum atomic E-state index is -3.98. The molecule has 0 heterocycles. The van der Waals surface area contributed by atoms with Gasteiger partial charge in [0.05, 0.1) is 0 Å². The average molecular weight is 406 g/mol. The van der Waals surface area contributed by atoms with Gasteiger partial charge in [-0.3, -0.25) is 4.72 Å². The van der Waals surface area contributed by atoms with Gasteiger partial charge < -0.3 is 5.73 Å². The zero-order valence-electron chi connectivity index (χ0n) is 10.3. The Morgan fingerprint density at radius 2 is 1.95 bits per heavy atom. The van der Waals surface area contributed by atoms with Crippen LogP contribution in [0, 0.1) is 9.39 Å². The van der Waals surface area contributed by atoms with Crippen molar-refractivity contribution in [3.8, 4) is 0 Å². The molecule has 0 amide bonds. The van der Waals surface area contributed by atoms with Crippen LogP contribution in [0.3, 0.4) is 0 Å². The highest BCUT2D eigenvalue weighted by molar-refractivity contribution is 14.1. The topological polar surface area (TPSA) is 72.2 Å². The lowest BCUT2D eigenvalue weighted by molar-refractivity contribution is 0.569. The summed E-state index contributed by atoms with van der Waals surface area (Å²) >= 11 is 2.06. The summed E-state index contributed by atoms with van der Waals surface area (Å²) in [4.78, 5) is -0.403. The van der Waals surface area contributed by atoms with E-state index in [4.69, 9.17) is 5.73 Å². The molecule has 0 aliphatic heterocycles. The zero-order chi connectivity index (χ0) is 14.8. The second-order valence-electron chi connectivity index (χ2n) is 4.08. The van der Waals surface area contributed by atoms with E-state index in [1.54, 1.807) is 18.2 Å². The summed E-state index contributed by atoms with van der Waals surface area (Å²) in [6.07, 6.45) is 0. The minimum Gasteiger partial charge on any atom is -0.326 e. The molecule has 106 valence electrons. The highest BCUT2D eigenvalue weighted by Crippen LogP contribution is 2.21. The van der Waals surface area contributed by atoms with Crippen molar-refractivity contribution >= 4 is 38.3 Å². The van der Waals surface area contributed by atoms with E-state index in [-0.39, 0.29) is 6.54 Å². The van der Waals surface area contributed by atoms with Crippen LogP contribution >= 0.6 is 22.6 Å². The molecule has 0 saturated carbocycles. The van der Waals surface area contributed by atoms with Crippen LogP contribution in [0.5, 0.6) is 0 Å². The number of benzene rings is 2. The van der Waals surface area contributed by atoms with Crippen LogP contribution in [0.2, 0.25) is 0 Å². The zero-order valence-corrected chi connectivity index (χ0v) is 13.3. The van der Waals surface area contributed by atoms with Crippen LogP contribution in [0.1, 0.15) is 5.56 Å². The van der Waals surface area contributed by atoms with E-state index in [1.165, 1.54) is 12.1 Å². The predicted molar refractivity (Wildman–Crippen MR) is 84.3 cm³/mol. The van der Waals surface area contributed by atoms with Gasteiger partial charge in [0.25, 0.3) is 10.0 Å². The standard InChI is InChI=1S/C13H12FIN2O2S/c14-12-5-4-9(8-16)6-13(12)20(18,19)17-11-3-1-2-10(15)7-11/h1-7,17H,8,16H2. The smallest absolute Gasteiger partial charge is 0.264 e. The molecule has 2 rings (SSSR count). The second kappa shape index (κ2) is 6.06. The Labute approximate surface area is 130 Å². The van der Waals surface area contributed by atoms with Gasteiger partial charge in [0, 0.05) is 15.8 Å². The lowest BCUT2D eigenvalue weighted by Crippen LogP contribution is -2.15. The molecule has 4 nitrogen and oxygen atoms in total. The van der Waals surface area contributed by atoms with E-state index in [0.717, 1.165) is 9.64 Å². The Hall–Kier alpha value is -1.19. The van der Waals surface area contributed by atoms with E-state index in [2.05, 4.69) is 27.3 Å². The molecular weight excluding hydrogens is 394 g/mol. The number of sulfonamides is 1. The quantitative estimate of drug-likeness (QED) is 0.768.